The van der Waals surface area contributed by atoms with E-state index in [9.17, 15) is 4.79 Å². The second kappa shape index (κ2) is 6.50. The maximum atomic E-state index is 11.7. The minimum Gasteiger partial charge on any atom is -0.376 e. The summed E-state index contributed by atoms with van der Waals surface area (Å²) in [5.41, 5.74) is -0.107. The summed E-state index contributed by atoms with van der Waals surface area (Å²) in [7, 11) is 1.72. The molecule has 1 saturated carbocycles. The molecule has 0 spiro atoms. The standard InChI is InChI=1S/C13H24N2O3/c1-17-13(5-2-6-13)10-15-12(16)9-18-11-3-7-14-8-4-11/h11,14H,2-10H2,1H3,(H,15,16). The predicted octanol–water partition coefficient (Wildman–Crippen LogP) is 0.440. The third-order valence-corrected chi connectivity index (χ3v) is 4.04. The number of hydrogen-bond acceptors (Lipinski definition) is 4. The van der Waals surface area contributed by atoms with E-state index < -0.39 is 0 Å². The van der Waals surface area contributed by atoms with Crippen molar-refractivity contribution in [2.24, 2.45) is 0 Å². The van der Waals surface area contributed by atoms with E-state index in [-0.39, 0.29) is 24.2 Å². The van der Waals surface area contributed by atoms with Gasteiger partial charge in [-0.2, -0.15) is 0 Å². The number of piperidine rings is 1. The first-order valence-corrected chi connectivity index (χ1v) is 6.88. The van der Waals surface area contributed by atoms with Gasteiger partial charge < -0.3 is 20.1 Å². The van der Waals surface area contributed by atoms with Crippen LogP contribution in [0, 0.1) is 0 Å². The molecule has 104 valence electrons. The van der Waals surface area contributed by atoms with Crippen molar-refractivity contribution >= 4 is 5.91 Å². The van der Waals surface area contributed by atoms with E-state index in [1.807, 2.05) is 0 Å². The van der Waals surface area contributed by atoms with E-state index in [0.29, 0.717) is 6.54 Å². The molecule has 0 aromatic heterocycles. The van der Waals surface area contributed by atoms with Gasteiger partial charge in [0.2, 0.25) is 5.91 Å². The highest BCUT2D eigenvalue weighted by atomic mass is 16.5. The maximum Gasteiger partial charge on any atom is 0.246 e. The average molecular weight is 256 g/mol. The second-order valence-electron chi connectivity index (χ2n) is 5.28. The van der Waals surface area contributed by atoms with Crippen molar-refractivity contribution in [2.45, 2.75) is 43.8 Å². The monoisotopic (exact) mass is 256 g/mol. The largest absolute Gasteiger partial charge is 0.376 e. The molecule has 0 aromatic rings. The molecule has 2 aliphatic rings. The van der Waals surface area contributed by atoms with Gasteiger partial charge in [-0.25, -0.2) is 0 Å². The Labute approximate surface area is 109 Å². The predicted molar refractivity (Wildman–Crippen MR) is 68.4 cm³/mol. The Morgan fingerprint density at radius 1 is 1.39 bits per heavy atom. The van der Waals surface area contributed by atoms with Crippen molar-refractivity contribution in [3.63, 3.8) is 0 Å². The minimum absolute atomic E-state index is 0.0307. The highest BCUT2D eigenvalue weighted by molar-refractivity contribution is 5.77. The van der Waals surface area contributed by atoms with Crippen molar-refractivity contribution in [1.82, 2.24) is 10.6 Å². The third-order valence-electron chi connectivity index (χ3n) is 4.04. The Balaban J connectivity index is 1.59. The number of methoxy groups -OCH3 is 1. The molecule has 0 atom stereocenters. The lowest BCUT2D eigenvalue weighted by Crippen LogP contribution is -2.50. The molecule has 1 amide bonds. The van der Waals surface area contributed by atoms with E-state index in [1.54, 1.807) is 7.11 Å². The maximum absolute atomic E-state index is 11.7. The van der Waals surface area contributed by atoms with Gasteiger partial charge in [0.25, 0.3) is 0 Å². The van der Waals surface area contributed by atoms with Crippen molar-refractivity contribution in [3.8, 4) is 0 Å². The van der Waals surface area contributed by atoms with Crippen molar-refractivity contribution in [2.75, 3.05) is 33.4 Å². The molecule has 0 unspecified atom stereocenters. The first-order chi connectivity index (χ1) is 8.74. The highest BCUT2D eigenvalue weighted by Crippen LogP contribution is 2.34. The molecule has 0 aromatic carbocycles. The molecule has 1 aliphatic heterocycles. The lowest BCUT2D eigenvalue weighted by Gasteiger charge is -2.40. The molecule has 2 rings (SSSR count). The molecular weight excluding hydrogens is 232 g/mol. The zero-order valence-electron chi connectivity index (χ0n) is 11.2. The Hall–Kier alpha value is -0.650. The van der Waals surface area contributed by atoms with E-state index in [1.165, 1.54) is 6.42 Å². The smallest absolute Gasteiger partial charge is 0.246 e. The van der Waals surface area contributed by atoms with Crippen LogP contribution in [0.2, 0.25) is 0 Å². The summed E-state index contributed by atoms with van der Waals surface area (Å²) in [6.07, 6.45) is 5.50. The van der Waals surface area contributed by atoms with Gasteiger partial charge >= 0.3 is 0 Å². The van der Waals surface area contributed by atoms with Gasteiger partial charge in [-0.3, -0.25) is 4.79 Å². The summed E-state index contributed by atoms with van der Waals surface area (Å²) in [5, 5.41) is 6.18. The molecule has 1 saturated heterocycles. The Kier molecular flexibility index (Phi) is 4.97. The molecule has 2 fully saturated rings. The fraction of sp³-hybridized carbons (Fsp3) is 0.923. The lowest BCUT2D eigenvalue weighted by atomic mass is 9.80. The zero-order chi connectivity index (χ0) is 12.8. The molecular formula is C13H24N2O3. The van der Waals surface area contributed by atoms with E-state index in [2.05, 4.69) is 10.6 Å². The molecule has 1 aliphatic carbocycles. The summed E-state index contributed by atoms with van der Waals surface area (Å²) in [5.74, 6) is -0.0307. The number of carbonyl (C=O) groups excluding carboxylic acids is 1. The number of hydrogen-bond donors (Lipinski definition) is 2. The van der Waals surface area contributed by atoms with Crippen LogP contribution < -0.4 is 10.6 Å². The van der Waals surface area contributed by atoms with Gasteiger partial charge in [-0.15, -0.1) is 0 Å². The fourth-order valence-electron chi connectivity index (χ4n) is 2.49. The van der Waals surface area contributed by atoms with Gasteiger partial charge in [-0.1, -0.05) is 0 Å². The van der Waals surface area contributed by atoms with Crippen LogP contribution in [-0.2, 0) is 14.3 Å². The topological polar surface area (TPSA) is 59.6 Å². The first kappa shape index (κ1) is 13.8. The molecule has 5 heteroatoms. The van der Waals surface area contributed by atoms with Crippen molar-refractivity contribution < 1.29 is 14.3 Å². The molecule has 18 heavy (non-hydrogen) atoms. The normalized spacial score (nSPS) is 23.4. The molecule has 1 heterocycles. The number of nitrogens with one attached hydrogen (secondary N) is 2. The number of ether oxygens (including phenoxy) is 2. The van der Waals surface area contributed by atoms with Crippen LogP contribution in [0.4, 0.5) is 0 Å². The number of rotatable bonds is 6. The molecule has 0 bridgehead atoms. The van der Waals surface area contributed by atoms with Crippen LogP contribution in [0.15, 0.2) is 0 Å². The summed E-state index contributed by atoms with van der Waals surface area (Å²) in [4.78, 5) is 11.7. The van der Waals surface area contributed by atoms with Crippen LogP contribution in [-0.4, -0.2) is 51.0 Å². The van der Waals surface area contributed by atoms with Crippen molar-refractivity contribution in [1.29, 1.82) is 0 Å². The van der Waals surface area contributed by atoms with Gasteiger partial charge in [0.15, 0.2) is 0 Å². The van der Waals surface area contributed by atoms with E-state index in [0.717, 1.165) is 38.8 Å². The highest BCUT2D eigenvalue weighted by Gasteiger charge is 2.37. The first-order valence-electron chi connectivity index (χ1n) is 6.88. The SMILES string of the molecule is COC1(CNC(=O)COC2CCNCC2)CCC1. The quantitative estimate of drug-likeness (QED) is 0.724. The molecule has 5 nitrogen and oxygen atoms in total. The molecule has 2 N–H and O–H groups in total. The summed E-state index contributed by atoms with van der Waals surface area (Å²) >= 11 is 0. The van der Waals surface area contributed by atoms with Crippen LogP contribution >= 0.6 is 0 Å². The van der Waals surface area contributed by atoms with E-state index >= 15 is 0 Å². The number of carbonyl (C=O) groups is 1. The Morgan fingerprint density at radius 3 is 2.67 bits per heavy atom. The fourth-order valence-corrected chi connectivity index (χ4v) is 2.49. The average Bonchev–Trinajstić information content (AvgIpc) is 2.37. The van der Waals surface area contributed by atoms with Gasteiger partial charge in [0.1, 0.15) is 6.61 Å². The molecule has 0 radical (unpaired) electrons. The summed E-state index contributed by atoms with van der Waals surface area (Å²) in [6, 6.07) is 0. The summed E-state index contributed by atoms with van der Waals surface area (Å²) < 4.78 is 11.1. The van der Waals surface area contributed by atoms with Crippen LogP contribution in [0.25, 0.3) is 0 Å². The van der Waals surface area contributed by atoms with Gasteiger partial charge in [0.05, 0.1) is 11.7 Å². The minimum atomic E-state index is -0.107. The van der Waals surface area contributed by atoms with Gasteiger partial charge in [-0.05, 0) is 45.2 Å². The number of amides is 1. The Morgan fingerprint density at radius 2 is 2.11 bits per heavy atom. The Bertz CT molecular complexity index is 268. The lowest BCUT2D eigenvalue weighted by molar-refractivity contribution is -0.131. The van der Waals surface area contributed by atoms with E-state index in [4.69, 9.17) is 9.47 Å². The van der Waals surface area contributed by atoms with Gasteiger partial charge in [0, 0.05) is 13.7 Å². The zero-order valence-corrected chi connectivity index (χ0v) is 11.2. The van der Waals surface area contributed by atoms with Crippen LogP contribution in [0.3, 0.4) is 0 Å². The van der Waals surface area contributed by atoms with Crippen LogP contribution in [0.1, 0.15) is 32.1 Å². The van der Waals surface area contributed by atoms with Crippen molar-refractivity contribution in [3.05, 3.63) is 0 Å². The van der Waals surface area contributed by atoms with Crippen LogP contribution in [0.5, 0.6) is 0 Å². The second-order valence-corrected chi connectivity index (χ2v) is 5.28. The third kappa shape index (κ3) is 3.67. The summed E-state index contributed by atoms with van der Waals surface area (Å²) in [6.45, 7) is 2.75.